The summed E-state index contributed by atoms with van der Waals surface area (Å²) in [5.41, 5.74) is 10.8. The van der Waals surface area contributed by atoms with Gasteiger partial charge in [0.1, 0.15) is 0 Å². The molecule has 0 atom stereocenters. The molecule has 2 radical (unpaired) electrons. The fourth-order valence-electron chi connectivity index (χ4n) is 5.12. The molecule has 0 aliphatic rings. The van der Waals surface area contributed by atoms with Crippen LogP contribution < -0.4 is 0 Å². The number of hydrogen-bond acceptors (Lipinski definition) is 0. The van der Waals surface area contributed by atoms with E-state index in [1.54, 1.807) is 0 Å². The second kappa shape index (κ2) is 14.7. The van der Waals surface area contributed by atoms with Crippen LogP contribution in [-0.4, -0.2) is 9.52 Å². The van der Waals surface area contributed by atoms with Gasteiger partial charge in [-0.15, -0.1) is 62.5 Å². The largest absolute Gasteiger partial charge is 2.00 e. The van der Waals surface area contributed by atoms with Crippen molar-refractivity contribution >= 4 is 31.1 Å². The molecule has 0 saturated carbocycles. The minimum atomic E-state index is 0. The van der Waals surface area contributed by atoms with Gasteiger partial charge >= 0.3 is 26.2 Å². The SMILES string of the molecule is CC(C)c1cc2c(-c3ccccc3)cccc2[cH-]1.C[Si]C.Cc1cc2c(-c3ccccc3)cc(C)c(C)c2[cH-]1.[Zr+2]. The van der Waals surface area contributed by atoms with Crippen molar-refractivity contribution in [1.82, 2.24) is 0 Å². The van der Waals surface area contributed by atoms with Crippen LogP contribution in [0.25, 0.3) is 43.8 Å². The average Bonchev–Trinajstić information content (AvgIpc) is 3.57. The number of benzene rings is 4. The van der Waals surface area contributed by atoms with Crippen molar-refractivity contribution < 1.29 is 26.2 Å². The predicted molar refractivity (Wildman–Crippen MR) is 176 cm³/mol. The van der Waals surface area contributed by atoms with Crippen molar-refractivity contribution in [3.8, 4) is 22.3 Å². The molecule has 6 aromatic carbocycles. The van der Waals surface area contributed by atoms with Gasteiger partial charge in [0.15, 0.2) is 0 Å². The van der Waals surface area contributed by atoms with Gasteiger partial charge in [0, 0.05) is 9.52 Å². The molecule has 200 valence electrons. The fraction of sp³-hybridized carbons (Fsp3) is 0.211. The van der Waals surface area contributed by atoms with E-state index in [1.807, 2.05) is 0 Å². The van der Waals surface area contributed by atoms with E-state index >= 15 is 0 Å². The summed E-state index contributed by atoms with van der Waals surface area (Å²) in [5, 5.41) is 5.49. The Balaban J connectivity index is 0.000000197. The summed E-state index contributed by atoms with van der Waals surface area (Å²) in [6, 6.07) is 39.4. The van der Waals surface area contributed by atoms with Gasteiger partial charge in [-0.3, -0.25) is 0 Å². The molecule has 6 rings (SSSR count). The Hall–Kier alpha value is -2.80. The number of aryl methyl sites for hydroxylation is 3. The number of hydrogen-bond donors (Lipinski definition) is 0. The Morgan fingerprint density at radius 2 is 1.20 bits per heavy atom. The predicted octanol–water partition coefficient (Wildman–Crippen LogP) is 11.3. The quantitative estimate of drug-likeness (QED) is 0.137. The van der Waals surface area contributed by atoms with Gasteiger partial charge in [0.05, 0.1) is 0 Å². The van der Waals surface area contributed by atoms with E-state index in [9.17, 15) is 0 Å². The Kier molecular flexibility index (Phi) is 11.7. The first-order valence-electron chi connectivity index (χ1n) is 13.9. The van der Waals surface area contributed by atoms with Gasteiger partial charge in [0.25, 0.3) is 0 Å². The van der Waals surface area contributed by atoms with Gasteiger partial charge in [-0.2, -0.15) is 12.1 Å². The van der Waals surface area contributed by atoms with Crippen LogP contribution in [0.2, 0.25) is 13.1 Å². The Morgan fingerprint density at radius 3 is 1.77 bits per heavy atom. The first-order chi connectivity index (χ1) is 18.8. The van der Waals surface area contributed by atoms with Crippen LogP contribution in [0, 0.1) is 20.8 Å². The van der Waals surface area contributed by atoms with Gasteiger partial charge in [0.2, 0.25) is 0 Å². The second-order valence-corrected chi connectivity index (χ2v) is 11.7. The van der Waals surface area contributed by atoms with Crippen molar-refractivity contribution in [3.05, 3.63) is 131 Å². The summed E-state index contributed by atoms with van der Waals surface area (Å²) in [6.07, 6.45) is 0. The maximum Gasteiger partial charge on any atom is 2.00 e. The molecule has 0 nitrogen and oxygen atoms in total. The monoisotopic (exact) mass is 614 g/mol. The Bertz CT molecular complexity index is 1640. The first kappa shape index (κ1) is 31.7. The summed E-state index contributed by atoms with van der Waals surface area (Å²) in [6.45, 7) is 15.4. The van der Waals surface area contributed by atoms with Crippen LogP contribution in [0.1, 0.15) is 42.0 Å². The standard InChI is InChI=1S/2C18H17.C2H6Si.Zr/c1-12-9-16-14(3)13(2)11-17(18(16)10-12)15-7-5-4-6-8-15;1-13(2)16-11-15-9-6-10-17(18(15)12-16)14-7-4-3-5-8-14;1-3-2;/h4-11H,1-3H3;3-13H,1-2H3;1-2H3;/q2*-1;;+2. The molecule has 0 fully saturated rings. The Labute approximate surface area is 263 Å². The van der Waals surface area contributed by atoms with E-state index in [1.165, 1.54) is 66.1 Å². The summed E-state index contributed by atoms with van der Waals surface area (Å²) >= 11 is 0. The zero-order valence-corrected chi connectivity index (χ0v) is 28.4. The third-order valence-corrected chi connectivity index (χ3v) is 7.29. The molecular weight excluding hydrogens is 576 g/mol. The van der Waals surface area contributed by atoms with E-state index in [4.69, 9.17) is 0 Å². The van der Waals surface area contributed by atoms with Crippen molar-refractivity contribution in [1.29, 1.82) is 0 Å². The Morgan fingerprint density at radius 1 is 0.625 bits per heavy atom. The molecule has 0 N–H and O–H groups in total. The molecule has 0 heterocycles. The van der Waals surface area contributed by atoms with E-state index in [-0.39, 0.29) is 26.2 Å². The van der Waals surface area contributed by atoms with Crippen molar-refractivity contribution in [2.24, 2.45) is 0 Å². The first-order valence-corrected chi connectivity index (χ1v) is 15.9. The number of fused-ring (bicyclic) bond motifs is 2. The molecule has 0 aliphatic carbocycles. The van der Waals surface area contributed by atoms with Crippen LogP contribution in [0.3, 0.4) is 0 Å². The normalized spacial score (nSPS) is 10.5. The van der Waals surface area contributed by atoms with Crippen molar-refractivity contribution in [3.63, 3.8) is 0 Å². The average molecular weight is 616 g/mol. The summed E-state index contributed by atoms with van der Waals surface area (Å²) < 4.78 is 0. The fourth-order valence-corrected chi connectivity index (χ4v) is 5.12. The minimum absolute atomic E-state index is 0. The maximum absolute atomic E-state index is 2.34. The maximum atomic E-state index is 2.34. The van der Waals surface area contributed by atoms with Crippen LogP contribution in [0.15, 0.2) is 109 Å². The zero-order chi connectivity index (χ0) is 27.9. The molecule has 0 bridgehead atoms. The van der Waals surface area contributed by atoms with E-state index in [2.05, 4.69) is 157 Å². The molecule has 0 amide bonds. The van der Waals surface area contributed by atoms with Crippen molar-refractivity contribution in [2.75, 3.05) is 0 Å². The van der Waals surface area contributed by atoms with Gasteiger partial charge < -0.3 is 0 Å². The smallest absolute Gasteiger partial charge is 0.165 e. The van der Waals surface area contributed by atoms with Gasteiger partial charge in [-0.1, -0.05) is 130 Å². The summed E-state index contributed by atoms with van der Waals surface area (Å²) in [4.78, 5) is 0. The molecule has 2 heteroatoms. The number of rotatable bonds is 3. The van der Waals surface area contributed by atoms with Crippen LogP contribution in [0.4, 0.5) is 0 Å². The second-order valence-electron chi connectivity index (χ2n) is 10.7. The molecule has 0 saturated heterocycles. The van der Waals surface area contributed by atoms with Crippen LogP contribution >= 0.6 is 0 Å². The van der Waals surface area contributed by atoms with E-state index in [0.717, 1.165) is 9.52 Å². The summed E-state index contributed by atoms with van der Waals surface area (Å²) in [7, 11) is 1.08. The zero-order valence-electron chi connectivity index (χ0n) is 25.0. The molecule has 0 unspecified atom stereocenters. The molecule has 40 heavy (non-hydrogen) atoms. The van der Waals surface area contributed by atoms with Gasteiger partial charge in [-0.25, -0.2) is 0 Å². The minimum Gasteiger partial charge on any atom is -0.165 e. The third kappa shape index (κ3) is 7.28. The van der Waals surface area contributed by atoms with E-state index in [0.29, 0.717) is 5.92 Å². The molecular formula is C38H40SiZr. The van der Waals surface area contributed by atoms with Crippen LogP contribution in [-0.2, 0) is 26.2 Å². The van der Waals surface area contributed by atoms with Crippen LogP contribution in [0.5, 0.6) is 0 Å². The van der Waals surface area contributed by atoms with E-state index < -0.39 is 0 Å². The van der Waals surface area contributed by atoms with Crippen molar-refractivity contribution in [2.45, 2.75) is 53.6 Å². The molecule has 0 aromatic heterocycles. The summed E-state index contributed by atoms with van der Waals surface area (Å²) in [5.74, 6) is 0.584. The molecule has 0 aliphatic heterocycles. The molecule has 6 aromatic rings. The molecule has 0 spiro atoms. The van der Waals surface area contributed by atoms with Gasteiger partial charge in [-0.05, 0) is 24.0 Å². The third-order valence-electron chi connectivity index (χ3n) is 7.29. The topological polar surface area (TPSA) is 0 Å².